The fraction of sp³-hybridized carbons (Fsp3) is 0.538. The SMILES string of the molecule is COc1ccc2c3c1O[C@H]1C(OC(=O)[C@@H](OC(C)=O)[C@H](OC(C)=O)C(=O)O)=CC[C@@]4(O)[C@H](CCC[C@]314)C2. The summed E-state index contributed by atoms with van der Waals surface area (Å²) in [5.41, 5.74) is -0.167. The molecule has 198 valence electrons. The van der Waals surface area contributed by atoms with Crippen molar-refractivity contribution in [3.63, 3.8) is 0 Å². The summed E-state index contributed by atoms with van der Waals surface area (Å²) in [6.45, 7) is 1.95. The third-order valence-electron chi connectivity index (χ3n) is 8.02. The van der Waals surface area contributed by atoms with Gasteiger partial charge in [-0.25, -0.2) is 9.59 Å². The number of hydrogen-bond acceptors (Lipinski definition) is 10. The first-order chi connectivity index (χ1) is 17.5. The molecule has 0 amide bonds. The zero-order valence-corrected chi connectivity index (χ0v) is 20.6. The molecule has 2 bridgehead atoms. The minimum Gasteiger partial charge on any atom is -0.493 e. The van der Waals surface area contributed by atoms with Gasteiger partial charge in [-0.3, -0.25) is 9.59 Å². The average molecular weight is 516 g/mol. The van der Waals surface area contributed by atoms with Gasteiger partial charge in [0, 0.05) is 19.4 Å². The van der Waals surface area contributed by atoms with Crippen molar-refractivity contribution in [1.82, 2.24) is 0 Å². The lowest BCUT2D eigenvalue weighted by atomic mass is 9.47. The average Bonchev–Trinajstić information content (AvgIpc) is 3.17. The fourth-order valence-corrected chi connectivity index (χ4v) is 6.69. The monoisotopic (exact) mass is 516 g/mol. The van der Waals surface area contributed by atoms with Crippen molar-refractivity contribution in [3.05, 3.63) is 35.1 Å². The highest BCUT2D eigenvalue weighted by Crippen LogP contribution is 2.67. The number of benzene rings is 1. The van der Waals surface area contributed by atoms with Crippen LogP contribution in [-0.4, -0.2) is 65.1 Å². The van der Waals surface area contributed by atoms with Crippen molar-refractivity contribution >= 4 is 23.9 Å². The summed E-state index contributed by atoms with van der Waals surface area (Å²) in [5, 5.41) is 21.7. The number of ether oxygens (including phenoxy) is 5. The van der Waals surface area contributed by atoms with Crippen molar-refractivity contribution in [2.75, 3.05) is 7.11 Å². The second kappa shape index (κ2) is 8.76. The summed E-state index contributed by atoms with van der Waals surface area (Å²) >= 11 is 0. The Labute approximate surface area is 212 Å². The van der Waals surface area contributed by atoms with Gasteiger partial charge in [0.2, 0.25) is 12.2 Å². The molecular formula is C26H28O11. The summed E-state index contributed by atoms with van der Waals surface area (Å²) in [4.78, 5) is 48.2. The Kier molecular flexibility index (Phi) is 5.93. The summed E-state index contributed by atoms with van der Waals surface area (Å²) in [6.07, 6.45) is -0.410. The number of aliphatic hydroxyl groups is 1. The zero-order valence-electron chi connectivity index (χ0n) is 20.6. The van der Waals surface area contributed by atoms with Crippen LogP contribution in [0.15, 0.2) is 24.0 Å². The summed E-state index contributed by atoms with van der Waals surface area (Å²) in [7, 11) is 1.52. The molecule has 1 saturated carbocycles. The third-order valence-corrected chi connectivity index (χ3v) is 8.02. The summed E-state index contributed by atoms with van der Waals surface area (Å²) in [6, 6.07) is 3.78. The van der Waals surface area contributed by atoms with E-state index < -0.39 is 53.2 Å². The fourth-order valence-electron chi connectivity index (χ4n) is 6.69. The Morgan fingerprint density at radius 3 is 2.46 bits per heavy atom. The molecular weight excluding hydrogens is 488 g/mol. The lowest BCUT2D eigenvalue weighted by molar-refractivity contribution is -0.189. The minimum absolute atomic E-state index is 0.0261. The number of methoxy groups -OCH3 is 1. The smallest absolute Gasteiger partial charge is 0.357 e. The van der Waals surface area contributed by atoms with Crippen LogP contribution in [0, 0.1) is 5.92 Å². The van der Waals surface area contributed by atoms with Gasteiger partial charge in [-0.1, -0.05) is 12.5 Å². The first-order valence-corrected chi connectivity index (χ1v) is 12.1. The molecule has 1 spiro atoms. The molecule has 11 heteroatoms. The highest BCUT2D eigenvalue weighted by atomic mass is 16.6. The highest BCUT2D eigenvalue weighted by molar-refractivity contribution is 5.88. The molecule has 11 nitrogen and oxygen atoms in total. The molecule has 1 fully saturated rings. The molecule has 0 unspecified atom stereocenters. The van der Waals surface area contributed by atoms with Crippen LogP contribution in [0.25, 0.3) is 0 Å². The van der Waals surface area contributed by atoms with Crippen LogP contribution in [0.2, 0.25) is 0 Å². The van der Waals surface area contributed by atoms with E-state index in [1.54, 1.807) is 6.08 Å². The van der Waals surface area contributed by atoms with E-state index in [9.17, 15) is 29.4 Å². The van der Waals surface area contributed by atoms with E-state index in [0.717, 1.165) is 37.8 Å². The van der Waals surface area contributed by atoms with Gasteiger partial charge in [0.1, 0.15) is 5.76 Å². The summed E-state index contributed by atoms with van der Waals surface area (Å²) in [5.74, 6) is -3.88. The van der Waals surface area contributed by atoms with Crippen molar-refractivity contribution in [2.45, 2.75) is 75.3 Å². The second-order valence-electron chi connectivity index (χ2n) is 9.95. The summed E-state index contributed by atoms with van der Waals surface area (Å²) < 4.78 is 27.2. The predicted octanol–water partition coefficient (Wildman–Crippen LogP) is 1.56. The molecule has 6 atom stereocenters. The van der Waals surface area contributed by atoms with Crippen LogP contribution in [0.1, 0.15) is 50.7 Å². The van der Waals surface area contributed by atoms with Gasteiger partial charge in [0.15, 0.2) is 17.6 Å². The maximum absolute atomic E-state index is 13.2. The van der Waals surface area contributed by atoms with Crippen LogP contribution in [0.5, 0.6) is 11.5 Å². The molecule has 0 aromatic heterocycles. The van der Waals surface area contributed by atoms with E-state index in [0.29, 0.717) is 24.3 Å². The molecule has 0 saturated heterocycles. The Hall–Kier alpha value is -3.60. The first kappa shape index (κ1) is 25.1. The Morgan fingerprint density at radius 1 is 1.11 bits per heavy atom. The predicted molar refractivity (Wildman–Crippen MR) is 123 cm³/mol. The maximum Gasteiger partial charge on any atom is 0.357 e. The van der Waals surface area contributed by atoms with E-state index in [4.69, 9.17) is 23.7 Å². The van der Waals surface area contributed by atoms with Gasteiger partial charge in [0.25, 0.3) is 0 Å². The number of carboxylic acids is 1. The second-order valence-corrected chi connectivity index (χ2v) is 9.95. The van der Waals surface area contributed by atoms with Crippen LogP contribution < -0.4 is 9.47 Å². The van der Waals surface area contributed by atoms with Crippen molar-refractivity contribution in [3.8, 4) is 11.5 Å². The molecule has 2 N–H and O–H groups in total. The largest absolute Gasteiger partial charge is 0.493 e. The lowest BCUT2D eigenvalue weighted by Crippen LogP contribution is -2.67. The van der Waals surface area contributed by atoms with Crippen molar-refractivity contribution in [2.24, 2.45) is 5.92 Å². The van der Waals surface area contributed by atoms with E-state index in [1.165, 1.54) is 7.11 Å². The molecule has 1 heterocycles. The van der Waals surface area contributed by atoms with Gasteiger partial charge >= 0.3 is 23.9 Å². The van der Waals surface area contributed by atoms with Gasteiger partial charge in [0.05, 0.1) is 18.1 Å². The van der Waals surface area contributed by atoms with Crippen LogP contribution in [0.3, 0.4) is 0 Å². The lowest BCUT2D eigenvalue weighted by Gasteiger charge is -2.59. The standard InChI is InChI=1S/C26H28O11/c1-12(27)34-20(23(29)30)21(35-13(2)28)24(31)36-17-8-10-26(32)15-5-4-9-25(26)18-14(11-15)6-7-16(33-3)19(18)37-22(17)25/h6-8,15,20-22,32H,4-5,9-11H2,1-3H3,(H,29,30)/t15-,20+,21+,22+,25+,26-/m1/s1. The molecule has 1 aromatic rings. The number of carboxylic acid groups (broad SMARTS) is 1. The quantitative estimate of drug-likeness (QED) is 0.401. The number of rotatable bonds is 7. The van der Waals surface area contributed by atoms with Crippen molar-refractivity contribution in [1.29, 1.82) is 0 Å². The van der Waals surface area contributed by atoms with E-state index >= 15 is 0 Å². The number of carbonyl (C=O) groups is 4. The third kappa shape index (κ3) is 3.58. The van der Waals surface area contributed by atoms with Crippen LogP contribution >= 0.6 is 0 Å². The van der Waals surface area contributed by atoms with Gasteiger partial charge < -0.3 is 33.9 Å². The van der Waals surface area contributed by atoms with E-state index in [2.05, 4.69) is 0 Å². The maximum atomic E-state index is 13.2. The Balaban J connectivity index is 1.54. The molecule has 1 aliphatic heterocycles. The van der Waals surface area contributed by atoms with Gasteiger partial charge in [-0.05, 0) is 49.3 Å². The molecule has 37 heavy (non-hydrogen) atoms. The number of hydrogen-bond donors (Lipinski definition) is 2. The zero-order chi connectivity index (χ0) is 26.7. The van der Waals surface area contributed by atoms with Crippen molar-refractivity contribution < 1.29 is 53.1 Å². The van der Waals surface area contributed by atoms with Gasteiger partial charge in [-0.2, -0.15) is 0 Å². The number of esters is 3. The Morgan fingerprint density at radius 2 is 1.81 bits per heavy atom. The molecule has 4 aliphatic rings. The molecule has 0 radical (unpaired) electrons. The molecule has 5 rings (SSSR count). The first-order valence-electron chi connectivity index (χ1n) is 12.1. The number of aliphatic carboxylic acids is 1. The van der Waals surface area contributed by atoms with E-state index in [1.807, 2.05) is 12.1 Å². The minimum atomic E-state index is -2.12. The highest BCUT2D eigenvalue weighted by Gasteiger charge is 2.71. The molecule has 3 aliphatic carbocycles. The topological polar surface area (TPSA) is 155 Å². The van der Waals surface area contributed by atoms with Crippen LogP contribution in [0.4, 0.5) is 0 Å². The number of carbonyl (C=O) groups excluding carboxylic acids is 3. The Bertz CT molecular complexity index is 1220. The van der Waals surface area contributed by atoms with Crippen LogP contribution in [-0.2, 0) is 45.2 Å². The molecule has 1 aromatic carbocycles. The van der Waals surface area contributed by atoms with E-state index in [-0.39, 0.29) is 18.1 Å². The normalized spacial score (nSPS) is 30.0. The van der Waals surface area contributed by atoms with Gasteiger partial charge in [-0.15, -0.1) is 0 Å².